The number of carbonyl (C=O) groups is 1. The van der Waals surface area contributed by atoms with E-state index in [1.165, 1.54) is 12.1 Å². The number of nitrogens with zero attached hydrogens (tertiary/aromatic N) is 1. The van der Waals surface area contributed by atoms with Crippen LogP contribution in [0.5, 0.6) is 5.75 Å². The molecule has 1 atom stereocenters. The van der Waals surface area contributed by atoms with Gasteiger partial charge in [0.2, 0.25) is 5.91 Å². The molecule has 0 radical (unpaired) electrons. The number of benzene rings is 2. The molecule has 7 nitrogen and oxygen atoms in total. The third-order valence-corrected chi connectivity index (χ3v) is 3.71. The second-order valence-corrected chi connectivity index (χ2v) is 5.56. The second-order valence-electron chi connectivity index (χ2n) is 5.56. The summed E-state index contributed by atoms with van der Waals surface area (Å²) >= 11 is 0. The molecule has 0 heterocycles. The van der Waals surface area contributed by atoms with E-state index in [-0.39, 0.29) is 11.6 Å². The van der Waals surface area contributed by atoms with E-state index in [0.717, 1.165) is 11.3 Å². The van der Waals surface area contributed by atoms with Crippen LogP contribution in [-0.2, 0) is 11.2 Å². The number of rotatable bonds is 8. The van der Waals surface area contributed by atoms with Crippen molar-refractivity contribution in [2.75, 3.05) is 19.0 Å². The third-order valence-electron chi connectivity index (χ3n) is 3.71. The number of carbonyl (C=O) groups excluding carboxylic acids is 1. The summed E-state index contributed by atoms with van der Waals surface area (Å²) in [5.74, 6) is 0.627. The van der Waals surface area contributed by atoms with Gasteiger partial charge in [0.05, 0.1) is 12.0 Å². The molecule has 0 fully saturated rings. The van der Waals surface area contributed by atoms with E-state index in [2.05, 4.69) is 10.6 Å². The average Bonchev–Trinajstić information content (AvgIpc) is 2.62. The highest BCUT2D eigenvalue weighted by atomic mass is 16.6. The zero-order valence-corrected chi connectivity index (χ0v) is 14.2. The van der Waals surface area contributed by atoms with Gasteiger partial charge in [0.15, 0.2) is 0 Å². The largest absolute Gasteiger partial charge is 0.497 e. The first-order chi connectivity index (χ1) is 12.0. The Hall–Kier alpha value is -3.09. The molecule has 0 aliphatic carbocycles. The van der Waals surface area contributed by atoms with Crippen molar-refractivity contribution in [2.24, 2.45) is 0 Å². The number of nitrogens with one attached hydrogen (secondary N) is 2. The molecular formula is C18H21N3O4. The second kappa shape index (κ2) is 8.68. The summed E-state index contributed by atoms with van der Waals surface area (Å²) in [5.41, 5.74) is 1.62. The van der Waals surface area contributed by atoms with E-state index in [9.17, 15) is 14.9 Å². The summed E-state index contributed by atoms with van der Waals surface area (Å²) in [6, 6.07) is 13.2. The van der Waals surface area contributed by atoms with Gasteiger partial charge in [0.25, 0.3) is 5.69 Å². The van der Waals surface area contributed by atoms with Crippen LogP contribution in [0.2, 0.25) is 0 Å². The summed E-state index contributed by atoms with van der Waals surface area (Å²) in [5, 5.41) is 16.6. The van der Waals surface area contributed by atoms with Crippen molar-refractivity contribution < 1.29 is 14.5 Å². The van der Waals surface area contributed by atoms with Crippen LogP contribution in [0.25, 0.3) is 0 Å². The van der Waals surface area contributed by atoms with Crippen LogP contribution in [-0.4, -0.2) is 30.5 Å². The Morgan fingerprint density at radius 3 is 2.60 bits per heavy atom. The van der Waals surface area contributed by atoms with Crippen LogP contribution in [0.3, 0.4) is 0 Å². The maximum Gasteiger partial charge on any atom is 0.271 e. The normalized spacial score (nSPS) is 11.4. The van der Waals surface area contributed by atoms with E-state index < -0.39 is 11.0 Å². The van der Waals surface area contributed by atoms with Gasteiger partial charge >= 0.3 is 0 Å². The van der Waals surface area contributed by atoms with Crippen molar-refractivity contribution in [1.82, 2.24) is 5.32 Å². The van der Waals surface area contributed by atoms with Gasteiger partial charge < -0.3 is 15.4 Å². The fourth-order valence-electron chi connectivity index (χ4n) is 2.30. The van der Waals surface area contributed by atoms with Gasteiger partial charge in [0.1, 0.15) is 11.8 Å². The Bertz CT molecular complexity index is 731. The lowest BCUT2D eigenvalue weighted by Crippen LogP contribution is -2.38. The molecule has 2 aromatic rings. The molecule has 0 unspecified atom stereocenters. The minimum absolute atomic E-state index is 0.0166. The number of methoxy groups -OCH3 is 1. The molecule has 0 saturated heterocycles. The zero-order chi connectivity index (χ0) is 18.2. The molecule has 0 aliphatic rings. The lowest BCUT2D eigenvalue weighted by Gasteiger charge is -2.15. The summed E-state index contributed by atoms with van der Waals surface area (Å²) in [7, 11) is 1.62. The van der Waals surface area contributed by atoms with Gasteiger partial charge in [0, 0.05) is 24.4 Å². The van der Waals surface area contributed by atoms with Gasteiger partial charge in [-0.05, 0) is 37.1 Å². The molecule has 1 amide bonds. The monoisotopic (exact) mass is 343 g/mol. The molecule has 7 heteroatoms. The molecule has 132 valence electrons. The Kier molecular flexibility index (Phi) is 6.33. The fraction of sp³-hybridized carbons (Fsp3) is 0.278. The highest BCUT2D eigenvalue weighted by Crippen LogP contribution is 2.17. The number of anilines is 1. The summed E-state index contributed by atoms with van der Waals surface area (Å²) in [6.45, 7) is 2.22. The van der Waals surface area contributed by atoms with Crippen LogP contribution >= 0.6 is 0 Å². The summed E-state index contributed by atoms with van der Waals surface area (Å²) in [4.78, 5) is 22.4. The summed E-state index contributed by atoms with van der Waals surface area (Å²) in [6.07, 6.45) is 0.708. The molecule has 0 aromatic heterocycles. The highest BCUT2D eigenvalue weighted by Gasteiger charge is 2.13. The predicted octanol–water partition coefficient (Wildman–Crippen LogP) is 2.76. The van der Waals surface area contributed by atoms with Crippen LogP contribution < -0.4 is 15.4 Å². The van der Waals surface area contributed by atoms with Crippen molar-refractivity contribution in [1.29, 1.82) is 0 Å². The van der Waals surface area contributed by atoms with Gasteiger partial charge in [-0.25, -0.2) is 0 Å². The number of hydrogen-bond acceptors (Lipinski definition) is 5. The van der Waals surface area contributed by atoms with Crippen LogP contribution in [0.4, 0.5) is 11.4 Å². The van der Waals surface area contributed by atoms with E-state index in [4.69, 9.17) is 4.74 Å². The lowest BCUT2D eigenvalue weighted by molar-refractivity contribution is -0.384. The number of nitro groups is 1. The van der Waals surface area contributed by atoms with Crippen LogP contribution in [0.15, 0.2) is 48.5 Å². The minimum Gasteiger partial charge on any atom is -0.497 e. The Balaban J connectivity index is 1.81. The number of nitro benzene ring substituents is 1. The van der Waals surface area contributed by atoms with Crippen LogP contribution in [0.1, 0.15) is 12.5 Å². The van der Waals surface area contributed by atoms with E-state index >= 15 is 0 Å². The van der Waals surface area contributed by atoms with Crippen molar-refractivity contribution in [3.8, 4) is 5.75 Å². The molecule has 2 aromatic carbocycles. The van der Waals surface area contributed by atoms with Crippen molar-refractivity contribution in [3.63, 3.8) is 0 Å². The first kappa shape index (κ1) is 18.3. The molecule has 0 aliphatic heterocycles. The molecule has 0 spiro atoms. The van der Waals surface area contributed by atoms with Gasteiger partial charge in [-0.3, -0.25) is 14.9 Å². The molecular weight excluding hydrogens is 322 g/mol. The topological polar surface area (TPSA) is 93.5 Å². The molecule has 0 saturated carbocycles. The maximum atomic E-state index is 12.1. The molecule has 25 heavy (non-hydrogen) atoms. The number of non-ortho nitro benzene ring substituents is 1. The highest BCUT2D eigenvalue weighted by molar-refractivity contribution is 5.84. The Labute approximate surface area is 146 Å². The molecule has 2 rings (SSSR count). The Morgan fingerprint density at radius 1 is 1.24 bits per heavy atom. The SMILES string of the molecule is COc1ccc(CCNC(=O)[C@H](C)Nc2cccc([N+](=O)[O-])c2)cc1. The molecule has 2 N–H and O–H groups in total. The van der Waals surface area contributed by atoms with Gasteiger partial charge in [-0.2, -0.15) is 0 Å². The summed E-state index contributed by atoms with van der Waals surface area (Å²) < 4.78 is 5.10. The maximum absolute atomic E-state index is 12.1. The lowest BCUT2D eigenvalue weighted by atomic mass is 10.1. The standard InChI is InChI=1S/C18H21N3O4/c1-13(20-15-4-3-5-16(12-15)21(23)24)18(22)19-11-10-14-6-8-17(25-2)9-7-14/h3-9,12-13,20H,10-11H2,1-2H3,(H,19,22)/t13-/m0/s1. The van der Waals surface area contributed by atoms with Gasteiger partial charge in [-0.15, -0.1) is 0 Å². The van der Waals surface area contributed by atoms with E-state index in [0.29, 0.717) is 18.7 Å². The van der Waals surface area contributed by atoms with E-state index in [1.807, 2.05) is 24.3 Å². The Morgan fingerprint density at radius 2 is 1.96 bits per heavy atom. The number of ether oxygens (including phenoxy) is 1. The van der Waals surface area contributed by atoms with E-state index in [1.54, 1.807) is 26.2 Å². The van der Waals surface area contributed by atoms with Crippen molar-refractivity contribution in [2.45, 2.75) is 19.4 Å². The smallest absolute Gasteiger partial charge is 0.271 e. The first-order valence-electron chi connectivity index (χ1n) is 7.91. The van der Waals surface area contributed by atoms with Crippen molar-refractivity contribution >= 4 is 17.3 Å². The quantitative estimate of drug-likeness (QED) is 0.568. The van der Waals surface area contributed by atoms with Crippen molar-refractivity contribution in [3.05, 3.63) is 64.2 Å². The third kappa shape index (κ3) is 5.49. The van der Waals surface area contributed by atoms with Crippen LogP contribution in [0, 0.1) is 10.1 Å². The fourth-order valence-corrected chi connectivity index (χ4v) is 2.30. The number of amides is 1. The number of hydrogen-bond donors (Lipinski definition) is 2. The minimum atomic E-state index is -0.502. The zero-order valence-electron chi connectivity index (χ0n) is 14.2. The first-order valence-corrected chi connectivity index (χ1v) is 7.91. The van der Waals surface area contributed by atoms with Gasteiger partial charge in [-0.1, -0.05) is 18.2 Å². The average molecular weight is 343 g/mol. The molecule has 0 bridgehead atoms. The predicted molar refractivity (Wildman–Crippen MR) is 95.9 cm³/mol.